The second-order valence-electron chi connectivity index (χ2n) is 3.91. The van der Waals surface area contributed by atoms with E-state index in [1.165, 1.54) is 5.56 Å². The molecule has 0 saturated carbocycles. The summed E-state index contributed by atoms with van der Waals surface area (Å²) in [6.45, 7) is 2.04. The zero-order chi connectivity index (χ0) is 12.3. The van der Waals surface area contributed by atoms with Crippen LogP contribution in [-0.2, 0) is 0 Å². The minimum atomic E-state index is 0.105. The van der Waals surface area contributed by atoms with Crippen LogP contribution >= 0.6 is 34.7 Å². The molecule has 0 fully saturated rings. The van der Waals surface area contributed by atoms with Gasteiger partial charge in [-0.2, -0.15) is 11.3 Å². The van der Waals surface area contributed by atoms with E-state index in [9.17, 15) is 0 Å². The molecule has 1 heterocycles. The molecule has 0 aliphatic carbocycles. The highest BCUT2D eigenvalue weighted by Crippen LogP contribution is 2.38. The van der Waals surface area contributed by atoms with Gasteiger partial charge < -0.3 is 5.73 Å². The van der Waals surface area contributed by atoms with Crippen LogP contribution in [0.3, 0.4) is 0 Å². The number of thiophene rings is 1. The summed E-state index contributed by atoms with van der Waals surface area (Å²) in [7, 11) is 0. The third-order valence-corrected chi connectivity index (χ3v) is 4.83. The lowest BCUT2D eigenvalue weighted by atomic mass is 10.1. The van der Waals surface area contributed by atoms with Gasteiger partial charge in [0, 0.05) is 16.0 Å². The van der Waals surface area contributed by atoms with Gasteiger partial charge in [0.05, 0.1) is 5.25 Å². The highest BCUT2D eigenvalue weighted by molar-refractivity contribution is 7.99. The van der Waals surface area contributed by atoms with Gasteiger partial charge in [0.1, 0.15) is 0 Å². The van der Waals surface area contributed by atoms with Crippen LogP contribution in [-0.4, -0.2) is 6.04 Å². The van der Waals surface area contributed by atoms with Gasteiger partial charge in [-0.1, -0.05) is 17.7 Å². The summed E-state index contributed by atoms with van der Waals surface area (Å²) in [6, 6.07) is 10.1. The number of hydrogen-bond donors (Lipinski definition) is 1. The second kappa shape index (κ2) is 5.91. The van der Waals surface area contributed by atoms with Crippen LogP contribution in [0.25, 0.3) is 0 Å². The van der Waals surface area contributed by atoms with E-state index < -0.39 is 0 Å². The Hall–Kier alpha value is -0.480. The lowest BCUT2D eigenvalue weighted by molar-refractivity contribution is 0.723. The Morgan fingerprint density at radius 1 is 1.35 bits per heavy atom. The van der Waals surface area contributed by atoms with Crippen molar-refractivity contribution in [1.82, 2.24) is 0 Å². The van der Waals surface area contributed by atoms with Crippen LogP contribution in [0.5, 0.6) is 0 Å². The van der Waals surface area contributed by atoms with Crippen molar-refractivity contribution in [2.75, 3.05) is 0 Å². The van der Waals surface area contributed by atoms with E-state index in [2.05, 4.69) is 22.9 Å². The standard InChI is InChI=1S/C13H14ClNS2/c1-9(15)13(10-5-6-16-8-10)17-12-4-2-3-11(14)7-12/h2-9,13H,15H2,1H3. The van der Waals surface area contributed by atoms with Crippen LogP contribution in [0.15, 0.2) is 46.0 Å². The Labute approximate surface area is 115 Å². The topological polar surface area (TPSA) is 26.0 Å². The largest absolute Gasteiger partial charge is 0.327 e. The first-order valence-corrected chi connectivity index (χ1v) is 7.57. The minimum absolute atomic E-state index is 0.105. The van der Waals surface area contributed by atoms with Crippen molar-refractivity contribution in [2.24, 2.45) is 5.73 Å². The molecule has 0 saturated heterocycles. The first-order valence-electron chi connectivity index (χ1n) is 5.36. The molecular weight excluding hydrogens is 270 g/mol. The van der Waals surface area contributed by atoms with E-state index >= 15 is 0 Å². The fraction of sp³-hybridized carbons (Fsp3) is 0.231. The SMILES string of the molecule is CC(N)C(Sc1cccc(Cl)c1)c1ccsc1. The molecule has 17 heavy (non-hydrogen) atoms. The molecule has 2 aromatic rings. The molecule has 0 bridgehead atoms. The summed E-state index contributed by atoms with van der Waals surface area (Å²) in [5.74, 6) is 0. The van der Waals surface area contributed by atoms with E-state index in [-0.39, 0.29) is 11.3 Å². The third kappa shape index (κ3) is 3.49. The average molecular weight is 284 g/mol. The lowest BCUT2D eigenvalue weighted by Crippen LogP contribution is -2.22. The summed E-state index contributed by atoms with van der Waals surface area (Å²) in [5, 5.41) is 5.29. The highest BCUT2D eigenvalue weighted by Gasteiger charge is 2.18. The maximum atomic E-state index is 6.06. The summed E-state index contributed by atoms with van der Waals surface area (Å²) >= 11 is 9.46. The average Bonchev–Trinajstić information content (AvgIpc) is 2.78. The Balaban J connectivity index is 2.19. The number of halogens is 1. The monoisotopic (exact) mass is 283 g/mol. The molecule has 2 atom stereocenters. The molecule has 0 radical (unpaired) electrons. The molecule has 0 aliphatic heterocycles. The molecular formula is C13H14ClNS2. The summed E-state index contributed by atoms with van der Waals surface area (Å²) < 4.78 is 0. The zero-order valence-electron chi connectivity index (χ0n) is 9.47. The number of rotatable bonds is 4. The van der Waals surface area contributed by atoms with Gasteiger partial charge >= 0.3 is 0 Å². The Morgan fingerprint density at radius 2 is 2.18 bits per heavy atom. The van der Waals surface area contributed by atoms with Gasteiger partial charge in [0.25, 0.3) is 0 Å². The van der Waals surface area contributed by atoms with E-state index in [1.54, 1.807) is 23.1 Å². The summed E-state index contributed by atoms with van der Waals surface area (Å²) in [5.41, 5.74) is 7.35. The number of nitrogens with two attached hydrogens (primary N) is 1. The Morgan fingerprint density at radius 3 is 2.76 bits per heavy atom. The van der Waals surface area contributed by atoms with E-state index in [0.717, 1.165) is 9.92 Å². The van der Waals surface area contributed by atoms with Crippen molar-refractivity contribution in [2.45, 2.75) is 23.1 Å². The third-order valence-electron chi connectivity index (χ3n) is 2.41. The molecule has 4 heteroatoms. The quantitative estimate of drug-likeness (QED) is 0.831. The molecule has 2 unspecified atom stereocenters. The fourth-order valence-electron chi connectivity index (χ4n) is 1.60. The molecule has 1 aromatic carbocycles. The molecule has 90 valence electrons. The first-order chi connectivity index (χ1) is 8.16. The Kier molecular flexibility index (Phi) is 4.51. The summed E-state index contributed by atoms with van der Waals surface area (Å²) in [6.07, 6.45) is 0. The van der Waals surface area contributed by atoms with Crippen molar-refractivity contribution < 1.29 is 0 Å². The van der Waals surface area contributed by atoms with Crippen LogP contribution < -0.4 is 5.73 Å². The van der Waals surface area contributed by atoms with Crippen molar-refractivity contribution in [3.8, 4) is 0 Å². The Bertz CT molecular complexity index is 468. The van der Waals surface area contributed by atoms with Gasteiger partial charge in [-0.25, -0.2) is 0 Å². The minimum Gasteiger partial charge on any atom is -0.327 e. The first kappa shape index (κ1) is 13.0. The molecule has 2 N–H and O–H groups in total. The fourth-order valence-corrected chi connectivity index (χ4v) is 3.78. The van der Waals surface area contributed by atoms with Crippen LogP contribution in [0, 0.1) is 0 Å². The van der Waals surface area contributed by atoms with Crippen molar-refractivity contribution in [1.29, 1.82) is 0 Å². The van der Waals surface area contributed by atoms with E-state index in [0.29, 0.717) is 0 Å². The van der Waals surface area contributed by atoms with Gasteiger partial charge in [0.15, 0.2) is 0 Å². The smallest absolute Gasteiger partial charge is 0.0501 e. The van der Waals surface area contributed by atoms with E-state index in [1.807, 2.05) is 25.1 Å². The molecule has 0 spiro atoms. The predicted molar refractivity (Wildman–Crippen MR) is 78.0 cm³/mol. The number of thioether (sulfide) groups is 1. The molecule has 0 amide bonds. The van der Waals surface area contributed by atoms with Crippen LogP contribution in [0.1, 0.15) is 17.7 Å². The normalized spacial score (nSPS) is 14.5. The van der Waals surface area contributed by atoms with Gasteiger partial charge in [-0.15, -0.1) is 11.8 Å². The molecule has 0 aliphatic rings. The highest BCUT2D eigenvalue weighted by atomic mass is 35.5. The van der Waals surface area contributed by atoms with Gasteiger partial charge in [-0.3, -0.25) is 0 Å². The number of benzene rings is 1. The van der Waals surface area contributed by atoms with Crippen molar-refractivity contribution >= 4 is 34.7 Å². The van der Waals surface area contributed by atoms with Crippen LogP contribution in [0.4, 0.5) is 0 Å². The zero-order valence-corrected chi connectivity index (χ0v) is 11.9. The number of hydrogen-bond acceptors (Lipinski definition) is 3. The van der Waals surface area contributed by atoms with Crippen molar-refractivity contribution in [3.05, 3.63) is 51.7 Å². The van der Waals surface area contributed by atoms with Gasteiger partial charge in [0.2, 0.25) is 0 Å². The predicted octanol–water partition coefficient (Wildman–Crippen LogP) is 4.58. The van der Waals surface area contributed by atoms with Crippen LogP contribution in [0.2, 0.25) is 5.02 Å². The maximum absolute atomic E-state index is 6.06. The maximum Gasteiger partial charge on any atom is 0.0501 e. The molecule has 2 rings (SSSR count). The van der Waals surface area contributed by atoms with Gasteiger partial charge in [-0.05, 0) is 47.5 Å². The molecule has 1 nitrogen and oxygen atoms in total. The second-order valence-corrected chi connectivity index (χ2v) is 6.34. The van der Waals surface area contributed by atoms with Crippen molar-refractivity contribution in [3.63, 3.8) is 0 Å². The van der Waals surface area contributed by atoms with E-state index in [4.69, 9.17) is 17.3 Å². The summed E-state index contributed by atoms with van der Waals surface area (Å²) in [4.78, 5) is 1.16. The molecule has 1 aromatic heterocycles. The lowest BCUT2D eigenvalue weighted by Gasteiger charge is -2.19.